The molecule has 3 aromatic rings. The zero-order valence-electron chi connectivity index (χ0n) is 26.0. The molecule has 0 aliphatic rings. The molecule has 46 heavy (non-hydrogen) atoms. The SMILES string of the molecule is COc1ccc(C(CC(=O)O)NC(=O)[C@@H](CC(=O)N(C)c2ccc(NC(=O)Nc3ccccc3C)cc2)NS(C)(=O)=O)cc1OC. The van der Waals surface area contributed by atoms with Gasteiger partial charge in [-0.05, 0) is 60.5 Å². The quantitative estimate of drug-likeness (QED) is 0.173. The Morgan fingerprint density at radius 3 is 2.13 bits per heavy atom. The molecule has 14 nitrogen and oxygen atoms in total. The molecule has 0 saturated heterocycles. The topological polar surface area (TPSA) is 192 Å². The summed E-state index contributed by atoms with van der Waals surface area (Å²) in [6.07, 6.45) is -0.282. The van der Waals surface area contributed by atoms with E-state index in [0.717, 1.165) is 11.8 Å². The number of ether oxygens (including phenoxy) is 2. The lowest BCUT2D eigenvalue weighted by Gasteiger charge is -2.25. The summed E-state index contributed by atoms with van der Waals surface area (Å²) in [6.45, 7) is 1.86. The molecule has 0 aliphatic carbocycles. The van der Waals surface area contributed by atoms with Crippen LogP contribution in [0, 0.1) is 6.92 Å². The lowest BCUT2D eigenvalue weighted by molar-refractivity contribution is -0.138. The number of aliphatic carboxylic acids is 1. The van der Waals surface area contributed by atoms with E-state index in [1.165, 1.54) is 44.4 Å². The number of aryl methyl sites for hydroxylation is 1. The van der Waals surface area contributed by atoms with Crippen LogP contribution in [0.1, 0.15) is 30.0 Å². The molecule has 5 N–H and O–H groups in total. The average molecular weight is 656 g/mol. The maximum atomic E-state index is 13.4. The van der Waals surface area contributed by atoms with Crippen molar-refractivity contribution in [2.45, 2.75) is 31.8 Å². The zero-order valence-corrected chi connectivity index (χ0v) is 26.8. The molecule has 0 spiro atoms. The predicted octanol–water partition coefficient (Wildman–Crippen LogP) is 3.26. The Kier molecular flexibility index (Phi) is 12.1. The Morgan fingerprint density at radius 2 is 1.54 bits per heavy atom. The van der Waals surface area contributed by atoms with Crippen molar-refractivity contribution in [2.24, 2.45) is 0 Å². The van der Waals surface area contributed by atoms with E-state index < -0.39 is 58.8 Å². The number of carbonyl (C=O) groups is 4. The molecule has 246 valence electrons. The van der Waals surface area contributed by atoms with E-state index in [0.29, 0.717) is 34.1 Å². The van der Waals surface area contributed by atoms with Crippen LogP contribution in [-0.4, -0.2) is 70.9 Å². The Balaban J connectivity index is 1.73. The fourth-order valence-corrected chi connectivity index (χ4v) is 5.14. The van der Waals surface area contributed by atoms with E-state index in [9.17, 15) is 32.7 Å². The number of carbonyl (C=O) groups excluding carboxylic acids is 3. The number of carboxylic acid groups (broad SMARTS) is 1. The summed E-state index contributed by atoms with van der Waals surface area (Å²) < 4.78 is 36.9. The number of nitrogens with zero attached hydrogens (tertiary/aromatic N) is 1. The zero-order chi connectivity index (χ0) is 34.0. The van der Waals surface area contributed by atoms with Crippen LogP contribution in [0.15, 0.2) is 66.7 Å². The fourth-order valence-electron chi connectivity index (χ4n) is 4.44. The molecule has 0 aromatic heterocycles. The van der Waals surface area contributed by atoms with Gasteiger partial charge in [0.1, 0.15) is 6.04 Å². The number of methoxy groups -OCH3 is 2. The molecule has 0 fully saturated rings. The summed E-state index contributed by atoms with van der Waals surface area (Å²) in [5.74, 6) is -2.08. The maximum absolute atomic E-state index is 13.4. The molecule has 0 saturated carbocycles. The Labute approximate surface area is 267 Å². The van der Waals surface area contributed by atoms with Gasteiger partial charge in [-0.15, -0.1) is 0 Å². The van der Waals surface area contributed by atoms with Gasteiger partial charge in [-0.2, -0.15) is 0 Å². The highest BCUT2D eigenvalue weighted by molar-refractivity contribution is 7.88. The summed E-state index contributed by atoms with van der Waals surface area (Å²) in [7, 11) is 0.304. The second-order valence-electron chi connectivity index (χ2n) is 10.3. The van der Waals surface area contributed by atoms with E-state index in [1.54, 1.807) is 36.4 Å². The van der Waals surface area contributed by atoms with E-state index >= 15 is 0 Å². The molecular formula is C31H37N5O9S. The van der Waals surface area contributed by atoms with Crippen molar-refractivity contribution in [2.75, 3.05) is 43.1 Å². The molecular weight excluding hydrogens is 618 g/mol. The van der Waals surface area contributed by atoms with Crippen LogP contribution in [0.2, 0.25) is 0 Å². The third-order valence-electron chi connectivity index (χ3n) is 6.84. The van der Waals surface area contributed by atoms with Crippen LogP contribution in [0.25, 0.3) is 0 Å². The first kappa shape index (κ1) is 35.3. The van der Waals surface area contributed by atoms with Crippen molar-refractivity contribution in [3.05, 3.63) is 77.9 Å². The van der Waals surface area contributed by atoms with Crippen LogP contribution in [0.4, 0.5) is 21.9 Å². The van der Waals surface area contributed by atoms with Crippen molar-refractivity contribution >= 4 is 50.9 Å². The van der Waals surface area contributed by atoms with Gasteiger partial charge >= 0.3 is 12.0 Å². The summed E-state index contributed by atoms with van der Waals surface area (Å²) in [5, 5.41) is 17.5. The lowest BCUT2D eigenvalue weighted by Crippen LogP contribution is -2.49. The molecule has 0 heterocycles. The normalized spacial score (nSPS) is 12.3. The molecule has 0 radical (unpaired) electrons. The van der Waals surface area contributed by atoms with Gasteiger partial charge in [-0.1, -0.05) is 24.3 Å². The first-order valence-corrected chi connectivity index (χ1v) is 15.8. The van der Waals surface area contributed by atoms with E-state index in [2.05, 4.69) is 20.7 Å². The highest BCUT2D eigenvalue weighted by Crippen LogP contribution is 2.31. The highest BCUT2D eigenvalue weighted by atomic mass is 32.2. The molecule has 4 amide bonds. The Hall–Kier alpha value is -5.15. The minimum Gasteiger partial charge on any atom is -0.493 e. The van der Waals surface area contributed by atoms with Gasteiger partial charge in [0, 0.05) is 24.1 Å². The smallest absolute Gasteiger partial charge is 0.323 e. The number of rotatable bonds is 14. The van der Waals surface area contributed by atoms with Crippen LogP contribution in [0.3, 0.4) is 0 Å². The number of amides is 4. The number of carboxylic acids is 1. The number of urea groups is 1. The predicted molar refractivity (Wildman–Crippen MR) is 173 cm³/mol. The highest BCUT2D eigenvalue weighted by Gasteiger charge is 2.30. The summed E-state index contributed by atoms with van der Waals surface area (Å²) in [5.41, 5.74) is 2.76. The van der Waals surface area contributed by atoms with Gasteiger partial charge in [-0.25, -0.2) is 17.9 Å². The maximum Gasteiger partial charge on any atom is 0.323 e. The minimum absolute atomic E-state index is 0.292. The average Bonchev–Trinajstić information content (AvgIpc) is 3.00. The van der Waals surface area contributed by atoms with Crippen molar-refractivity contribution in [1.82, 2.24) is 10.0 Å². The van der Waals surface area contributed by atoms with Crippen molar-refractivity contribution in [3.63, 3.8) is 0 Å². The standard InChI is InChI=1S/C31H37N5O9S/c1-19-8-6-7-9-23(19)34-31(41)32-21-11-13-22(14-12-21)36(2)28(37)17-25(35-46(5,42)43)30(40)33-24(18-29(38)39)20-10-15-26(44-3)27(16-20)45-4/h6-16,24-25,35H,17-18H2,1-5H3,(H,33,40)(H,38,39)(H2,32,34,41)/t24?,25-/m1/s1. The fraction of sp³-hybridized carbons (Fsp3) is 0.290. The number of hydrogen-bond donors (Lipinski definition) is 5. The van der Waals surface area contributed by atoms with E-state index in [4.69, 9.17) is 9.47 Å². The van der Waals surface area contributed by atoms with Gasteiger partial charge in [0.2, 0.25) is 21.8 Å². The number of para-hydroxylation sites is 1. The molecule has 0 aliphatic heterocycles. The van der Waals surface area contributed by atoms with Crippen molar-refractivity contribution in [3.8, 4) is 11.5 Å². The second kappa shape index (κ2) is 15.7. The lowest BCUT2D eigenvalue weighted by atomic mass is 10.0. The molecule has 0 bridgehead atoms. The molecule has 3 aromatic carbocycles. The summed E-state index contributed by atoms with van der Waals surface area (Å²) in [6, 6.07) is 15.1. The van der Waals surface area contributed by atoms with Gasteiger partial charge in [-0.3, -0.25) is 14.4 Å². The van der Waals surface area contributed by atoms with Crippen molar-refractivity contribution in [1.29, 1.82) is 0 Å². The number of benzene rings is 3. The van der Waals surface area contributed by atoms with Crippen LogP contribution in [-0.2, 0) is 24.4 Å². The van der Waals surface area contributed by atoms with Gasteiger partial charge < -0.3 is 35.4 Å². The molecule has 3 rings (SSSR count). The third kappa shape index (κ3) is 10.2. The second-order valence-corrected chi connectivity index (χ2v) is 12.1. The van der Waals surface area contributed by atoms with Crippen LogP contribution < -0.4 is 35.0 Å². The summed E-state index contributed by atoms with van der Waals surface area (Å²) in [4.78, 5) is 51.9. The monoisotopic (exact) mass is 655 g/mol. The molecule has 15 heteroatoms. The van der Waals surface area contributed by atoms with Crippen LogP contribution >= 0.6 is 0 Å². The number of anilines is 3. The number of nitrogens with one attached hydrogen (secondary N) is 4. The number of sulfonamides is 1. The molecule has 1 unspecified atom stereocenters. The first-order valence-electron chi connectivity index (χ1n) is 13.9. The Bertz CT molecular complexity index is 1680. The third-order valence-corrected chi connectivity index (χ3v) is 7.55. The summed E-state index contributed by atoms with van der Waals surface area (Å²) >= 11 is 0. The van der Waals surface area contributed by atoms with Gasteiger partial charge in [0.05, 0.1) is 39.4 Å². The van der Waals surface area contributed by atoms with E-state index in [-0.39, 0.29) is 0 Å². The first-order chi connectivity index (χ1) is 21.7. The van der Waals surface area contributed by atoms with E-state index in [1.807, 2.05) is 19.1 Å². The van der Waals surface area contributed by atoms with Crippen molar-refractivity contribution < 1.29 is 42.2 Å². The molecule has 2 atom stereocenters. The Morgan fingerprint density at radius 1 is 0.891 bits per heavy atom. The van der Waals surface area contributed by atoms with Gasteiger partial charge in [0.25, 0.3) is 0 Å². The number of hydrogen-bond acceptors (Lipinski definition) is 8. The van der Waals surface area contributed by atoms with Crippen LogP contribution in [0.5, 0.6) is 11.5 Å². The largest absolute Gasteiger partial charge is 0.493 e. The van der Waals surface area contributed by atoms with Gasteiger partial charge in [0.15, 0.2) is 11.5 Å². The minimum atomic E-state index is -3.97.